The average Bonchev–Trinajstić information content (AvgIpc) is 2.85. The van der Waals surface area contributed by atoms with Crippen LogP contribution in [0.4, 0.5) is 5.69 Å². The molecule has 0 radical (unpaired) electrons. The zero-order valence-corrected chi connectivity index (χ0v) is 18.9. The number of nitrogen functional groups attached to an aromatic ring is 1. The number of anilines is 1. The summed E-state index contributed by atoms with van der Waals surface area (Å²) in [7, 11) is 0. The Labute approximate surface area is 194 Å². The van der Waals surface area contributed by atoms with Crippen LogP contribution in [0.5, 0.6) is 5.75 Å². The number of hydrogen-bond acceptors (Lipinski definition) is 4. The number of likely N-dealkylation sites (tertiary alicyclic amines) is 1. The van der Waals surface area contributed by atoms with Gasteiger partial charge in [-0.3, -0.25) is 4.79 Å². The number of benzene rings is 3. The van der Waals surface area contributed by atoms with Gasteiger partial charge in [0.2, 0.25) is 0 Å². The molecule has 1 amide bonds. The van der Waals surface area contributed by atoms with Crippen molar-refractivity contribution in [3.05, 3.63) is 94.5 Å². The maximum atomic E-state index is 13.2. The fraction of sp³-hybridized carbons (Fsp3) is 0.286. The molecule has 5 heteroatoms. The summed E-state index contributed by atoms with van der Waals surface area (Å²) < 4.78 is 0. The molecule has 0 aromatic heterocycles. The van der Waals surface area contributed by atoms with Crippen LogP contribution in [0.2, 0.25) is 0 Å². The summed E-state index contributed by atoms with van der Waals surface area (Å²) in [4.78, 5) is 26.8. The predicted molar refractivity (Wildman–Crippen MR) is 131 cm³/mol. The summed E-state index contributed by atoms with van der Waals surface area (Å²) in [5.74, 6) is 0.299. The van der Waals surface area contributed by atoms with Gasteiger partial charge in [-0.2, -0.15) is 0 Å². The Bertz CT molecular complexity index is 1130. The quantitative estimate of drug-likeness (QED) is 0.423. The van der Waals surface area contributed by atoms with E-state index in [4.69, 9.17) is 5.73 Å². The van der Waals surface area contributed by atoms with Crippen LogP contribution in [0.25, 0.3) is 0 Å². The summed E-state index contributed by atoms with van der Waals surface area (Å²) in [5, 5.41) is 9.49. The van der Waals surface area contributed by atoms with E-state index in [0.29, 0.717) is 31.0 Å². The molecule has 1 fully saturated rings. The van der Waals surface area contributed by atoms with Gasteiger partial charge in [-0.15, -0.1) is 0 Å². The molecule has 1 atom stereocenters. The number of amides is 1. The van der Waals surface area contributed by atoms with Gasteiger partial charge in [0.1, 0.15) is 12.0 Å². The fourth-order valence-corrected chi connectivity index (χ4v) is 4.74. The lowest BCUT2D eigenvalue weighted by molar-refractivity contribution is -0.109. The number of aldehydes is 1. The van der Waals surface area contributed by atoms with Crippen molar-refractivity contribution < 1.29 is 14.7 Å². The van der Waals surface area contributed by atoms with Crippen molar-refractivity contribution >= 4 is 17.9 Å². The summed E-state index contributed by atoms with van der Waals surface area (Å²) in [6, 6.07) is 20.3. The number of piperidine rings is 1. The van der Waals surface area contributed by atoms with Crippen molar-refractivity contribution in [2.75, 3.05) is 18.8 Å². The molecule has 5 nitrogen and oxygen atoms in total. The second kappa shape index (κ2) is 9.90. The minimum absolute atomic E-state index is 0.0342. The highest BCUT2D eigenvalue weighted by molar-refractivity contribution is 5.94. The van der Waals surface area contributed by atoms with Gasteiger partial charge in [-0.25, -0.2) is 0 Å². The third-order valence-corrected chi connectivity index (χ3v) is 6.75. The molecule has 4 rings (SSSR count). The van der Waals surface area contributed by atoms with Crippen LogP contribution in [0, 0.1) is 6.92 Å². The first-order valence-corrected chi connectivity index (χ1v) is 11.4. The van der Waals surface area contributed by atoms with Gasteiger partial charge in [-0.05, 0) is 84.7 Å². The van der Waals surface area contributed by atoms with Crippen LogP contribution >= 0.6 is 0 Å². The Morgan fingerprint density at radius 1 is 1.09 bits per heavy atom. The summed E-state index contributed by atoms with van der Waals surface area (Å²) in [6.07, 6.45) is 3.27. The second-order valence-electron chi connectivity index (χ2n) is 8.87. The first-order chi connectivity index (χ1) is 16.0. The Hall–Kier alpha value is -3.60. The molecule has 3 aromatic rings. The molecular weight excluding hydrogens is 412 g/mol. The van der Waals surface area contributed by atoms with E-state index in [0.717, 1.165) is 41.5 Å². The first-order valence-electron chi connectivity index (χ1n) is 11.4. The van der Waals surface area contributed by atoms with Crippen LogP contribution in [0.15, 0.2) is 66.7 Å². The highest BCUT2D eigenvalue weighted by atomic mass is 16.3. The zero-order valence-electron chi connectivity index (χ0n) is 18.9. The Morgan fingerprint density at radius 3 is 2.48 bits per heavy atom. The van der Waals surface area contributed by atoms with E-state index in [1.807, 2.05) is 41.3 Å². The van der Waals surface area contributed by atoms with Gasteiger partial charge in [-0.1, -0.05) is 36.4 Å². The largest absolute Gasteiger partial charge is 0.508 e. The summed E-state index contributed by atoms with van der Waals surface area (Å²) in [6.45, 7) is 3.50. The lowest BCUT2D eigenvalue weighted by Crippen LogP contribution is -2.38. The molecule has 1 aliphatic heterocycles. The van der Waals surface area contributed by atoms with E-state index < -0.39 is 0 Å². The third-order valence-electron chi connectivity index (χ3n) is 6.75. The van der Waals surface area contributed by atoms with Crippen molar-refractivity contribution in [1.82, 2.24) is 4.90 Å². The Morgan fingerprint density at radius 2 is 1.79 bits per heavy atom. The number of phenolic OH excluding ortho intramolecular Hbond substituents is 1. The Kier molecular flexibility index (Phi) is 6.78. The molecular formula is C28H30N2O3. The molecule has 3 N–H and O–H groups in total. The number of nitrogens with two attached hydrogens (primary N) is 1. The number of carbonyl (C=O) groups excluding carboxylic acids is 2. The predicted octanol–water partition coefficient (Wildman–Crippen LogP) is 4.83. The van der Waals surface area contributed by atoms with E-state index in [1.54, 1.807) is 24.3 Å². The van der Waals surface area contributed by atoms with Crippen LogP contribution in [0.1, 0.15) is 57.3 Å². The van der Waals surface area contributed by atoms with Crippen molar-refractivity contribution in [2.45, 2.75) is 38.0 Å². The number of nitrogens with zero attached hydrogens (tertiary/aromatic N) is 1. The molecule has 0 saturated carbocycles. The number of carbonyl (C=O) groups is 2. The lowest BCUT2D eigenvalue weighted by atomic mass is 9.86. The van der Waals surface area contributed by atoms with Crippen LogP contribution in [-0.4, -0.2) is 35.3 Å². The third kappa shape index (κ3) is 5.08. The minimum Gasteiger partial charge on any atom is -0.508 e. The van der Waals surface area contributed by atoms with E-state index >= 15 is 0 Å². The topological polar surface area (TPSA) is 83.6 Å². The highest BCUT2D eigenvalue weighted by Gasteiger charge is 2.26. The maximum Gasteiger partial charge on any atom is 0.253 e. The van der Waals surface area contributed by atoms with Crippen molar-refractivity contribution in [2.24, 2.45) is 0 Å². The maximum absolute atomic E-state index is 13.2. The van der Waals surface area contributed by atoms with Gasteiger partial charge in [0.15, 0.2) is 0 Å². The van der Waals surface area contributed by atoms with Crippen molar-refractivity contribution in [3.63, 3.8) is 0 Å². The number of hydrogen-bond donors (Lipinski definition) is 2. The molecule has 1 saturated heterocycles. The lowest BCUT2D eigenvalue weighted by Gasteiger charge is -2.33. The average molecular weight is 443 g/mol. The zero-order chi connectivity index (χ0) is 23.4. The summed E-state index contributed by atoms with van der Waals surface area (Å²) in [5.41, 5.74) is 11.8. The molecule has 1 aliphatic rings. The van der Waals surface area contributed by atoms with E-state index in [2.05, 4.69) is 13.0 Å². The molecule has 1 unspecified atom stereocenters. The van der Waals surface area contributed by atoms with Crippen molar-refractivity contribution in [1.29, 1.82) is 0 Å². The monoisotopic (exact) mass is 442 g/mol. The smallest absolute Gasteiger partial charge is 0.253 e. The van der Waals surface area contributed by atoms with Gasteiger partial charge in [0.05, 0.1) is 0 Å². The van der Waals surface area contributed by atoms with E-state index in [9.17, 15) is 14.7 Å². The summed E-state index contributed by atoms with van der Waals surface area (Å²) >= 11 is 0. The van der Waals surface area contributed by atoms with E-state index in [1.165, 1.54) is 5.56 Å². The van der Waals surface area contributed by atoms with E-state index in [-0.39, 0.29) is 17.6 Å². The number of phenols is 1. The van der Waals surface area contributed by atoms with Crippen molar-refractivity contribution in [3.8, 4) is 5.75 Å². The molecule has 0 bridgehead atoms. The highest BCUT2D eigenvalue weighted by Crippen LogP contribution is 2.32. The second-order valence-corrected chi connectivity index (χ2v) is 8.87. The van der Waals surface area contributed by atoms with Gasteiger partial charge in [0, 0.05) is 30.3 Å². The Balaban J connectivity index is 1.42. The fourth-order valence-electron chi connectivity index (χ4n) is 4.74. The SMILES string of the molecule is Cc1c(N)cccc1C1CCN(C(=O)c2cccc(CC(C=O)c3ccc(O)cc3)c2)CC1. The molecule has 0 spiro atoms. The number of rotatable bonds is 6. The minimum atomic E-state index is -0.326. The number of aromatic hydroxyl groups is 1. The molecule has 3 aromatic carbocycles. The van der Waals surface area contributed by atoms with Gasteiger partial charge in [0.25, 0.3) is 5.91 Å². The van der Waals surface area contributed by atoms with Crippen LogP contribution in [-0.2, 0) is 11.2 Å². The molecule has 33 heavy (non-hydrogen) atoms. The van der Waals surface area contributed by atoms with Crippen LogP contribution in [0.3, 0.4) is 0 Å². The molecule has 170 valence electrons. The molecule has 0 aliphatic carbocycles. The normalized spacial score (nSPS) is 15.2. The first kappa shape index (κ1) is 22.6. The molecule has 1 heterocycles. The van der Waals surface area contributed by atoms with Gasteiger partial charge < -0.3 is 20.5 Å². The van der Waals surface area contributed by atoms with Crippen LogP contribution < -0.4 is 5.73 Å². The van der Waals surface area contributed by atoms with Gasteiger partial charge >= 0.3 is 0 Å². The standard InChI is InChI=1S/C28H30N2O3/c1-19-26(6-3-7-27(19)29)22-12-14-30(15-13-22)28(33)23-5-2-4-20(16-23)17-24(18-31)21-8-10-25(32)11-9-21/h2-11,16,18,22,24,32H,12-15,17,29H2,1H3.